The fourth-order valence-corrected chi connectivity index (χ4v) is 2.89. The Morgan fingerprint density at radius 2 is 1.82 bits per heavy atom. The van der Waals surface area contributed by atoms with Gasteiger partial charge in [0.15, 0.2) is 11.5 Å². The van der Waals surface area contributed by atoms with Crippen molar-refractivity contribution in [3.8, 4) is 11.5 Å². The molecule has 3 heteroatoms. The topological polar surface area (TPSA) is 44.5 Å². The third-order valence-corrected chi connectivity index (χ3v) is 3.84. The van der Waals surface area contributed by atoms with Crippen LogP contribution in [0.3, 0.4) is 0 Å². The Morgan fingerprint density at radius 3 is 2.65 bits per heavy atom. The van der Waals surface area contributed by atoms with Crippen molar-refractivity contribution in [3.05, 3.63) is 23.8 Å². The first-order chi connectivity index (χ1) is 8.25. The Kier molecular flexibility index (Phi) is 2.71. The maximum atomic E-state index is 6.46. The second-order valence-corrected chi connectivity index (χ2v) is 5.29. The molecule has 0 bridgehead atoms. The molecule has 0 saturated heterocycles. The summed E-state index contributed by atoms with van der Waals surface area (Å²) in [6.45, 7) is 0.340. The van der Waals surface area contributed by atoms with Gasteiger partial charge in [-0.25, -0.2) is 0 Å². The molecule has 0 unspecified atom stereocenters. The van der Waals surface area contributed by atoms with E-state index in [1.165, 1.54) is 24.8 Å². The Hall–Kier alpha value is -1.22. The lowest BCUT2D eigenvalue weighted by atomic mass is 9.78. The highest BCUT2D eigenvalue weighted by molar-refractivity contribution is 5.44. The Labute approximate surface area is 102 Å². The number of hydrogen-bond donors (Lipinski definition) is 1. The summed E-state index contributed by atoms with van der Waals surface area (Å²) < 4.78 is 10.7. The molecular formula is C14H19NO2. The van der Waals surface area contributed by atoms with Crippen LogP contribution in [-0.4, -0.2) is 12.3 Å². The minimum Gasteiger partial charge on any atom is -0.454 e. The molecule has 0 radical (unpaired) electrons. The molecule has 2 N–H and O–H groups in total. The summed E-state index contributed by atoms with van der Waals surface area (Å²) in [7, 11) is 0. The lowest BCUT2D eigenvalue weighted by Crippen LogP contribution is -2.43. The quantitative estimate of drug-likeness (QED) is 0.854. The van der Waals surface area contributed by atoms with Gasteiger partial charge in [-0.05, 0) is 37.0 Å². The van der Waals surface area contributed by atoms with Gasteiger partial charge in [-0.3, -0.25) is 0 Å². The van der Waals surface area contributed by atoms with Crippen LogP contribution >= 0.6 is 0 Å². The molecule has 0 aromatic heterocycles. The first kappa shape index (κ1) is 10.9. The van der Waals surface area contributed by atoms with Gasteiger partial charge in [-0.1, -0.05) is 25.3 Å². The lowest BCUT2D eigenvalue weighted by molar-refractivity contribution is 0.174. The number of nitrogens with two attached hydrogens (primary N) is 1. The zero-order valence-electron chi connectivity index (χ0n) is 10.1. The largest absolute Gasteiger partial charge is 0.454 e. The summed E-state index contributed by atoms with van der Waals surface area (Å²) in [6, 6.07) is 6.17. The van der Waals surface area contributed by atoms with Crippen LogP contribution in [0, 0.1) is 0 Å². The second kappa shape index (κ2) is 4.22. The third kappa shape index (κ3) is 2.25. The molecule has 1 aliphatic carbocycles. The van der Waals surface area contributed by atoms with Crippen molar-refractivity contribution >= 4 is 0 Å². The second-order valence-electron chi connectivity index (χ2n) is 5.29. The maximum absolute atomic E-state index is 6.46. The Morgan fingerprint density at radius 1 is 1.06 bits per heavy atom. The molecule has 3 rings (SSSR count). The van der Waals surface area contributed by atoms with Gasteiger partial charge >= 0.3 is 0 Å². The van der Waals surface area contributed by atoms with Crippen molar-refractivity contribution < 1.29 is 9.47 Å². The van der Waals surface area contributed by atoms with E-state index in [1.807, 2.05) is 6.07 Å². The zero-order valence-corrected chi connectivity index (χ0v) is 10.1. The monoisotopic (exact) mass is 233 g/mol. The van der Waals surface area contributed by atoms with Gasteiger partial charge in [0.2, 0.25) is 6.79 Å². The van der Waals surface area contributed by atoms with Gasteiger partial charge in [0.1, 0.15) is 0 Å². The molecule has 1 fully saturated rings. The summed E-state index contributed by atoms with van der Waals surface area (Å²) in [5.74, 6) is 1.71. The molecule has 1 aromatic rings. The van der Waals surface area contributed by atoms with E-state index in [9.17, 15) is 0 Å². The molecule has 0 amide bonds. The molecule has 92 valence electrons. The first-order valence-corrected chi connectivity index (χ1v) is 6.43. The highest BCUT2D eigenvalue weighted by Crippen LogP contribution is 2.35. The van der Waals surface area contributed by atoms with Crippen molar-refractivity contribution in [2.24, 2.45) is 5.73 Å². The van der Waals surface area contributed by atoms with Gasteiger partial charge in [-0.2, -0.15) is 0 Å². The smallest absolute Gasteiger partial charge is 0.231 e. The summed E-state index contributed by atoms with van der Waals surface area (Å²) in [5, 5.41) is 0. The third-order valence-electron chi connectivity index (χ3n) is 3.84. The molecule has 1 aromatic carbocycles. The molecule has 0 atom stereocenters. The SMILES string of the molecule is NC1(Cc2ccc3c(c2)OCO3)CCCCC1. The van der Waals surface area contributed by atoms with Crippen molar-refractivity contribution in [3.63, 3.8) is 0 Å². The van der Waals surface area contributed by atoms with Crippen LogP contribution in [0.1, 0.15) is 37.7 Å². The van der Waals surface area contributed by atoms with Crippen molar-refractivity contribution in [1.82, 2.24) is 0 Å². The molecule has 1 aliphatic heterocycles. The molecule has 3 nitrogen and oxygen atoms in total. The molecule has 0 spiro atoms. The van der Waals surface area contributed by atoms with E-state index in [4.69, 9.17) is 15.2 Å². The number of rotatable bonds is 2. The van der Waals surface area contributed by atoms with Gasteiger partial charge in [-0.15, -0.1) is 0 Å². The standard InChI is InChI=1S/C14H19NO2/c15-14(6-2-1-3-7-14)9-11-4-5-12-13(8-11)17-10-16-12/h4-5,8H,1-3,6-7,9-10,15H2. The van der Waals surface area contributed by atoms with E-state index in [1.54, 1.807) is 0 Å². The van der Waals surface area contributed by atoms with Crippen LogP contribution in [-0.2, 0) is 6.42 Å². The van der Waals surface area contributed by atoms with Crippen molar-refractivity contribution in [1.29, 1.82) is 0 Å². The Balaban J connectivity index is 1.76. The lowest BCUT2D eigenvalue weighted by Gasteiger charge is -2.33. The minimum absolute atomic E-state index is 0.00799. The average molecular weight is 233 g/mol. The van der Waals surface area contributed by atoms with E-state index < -0.39 is 0 Å². The predicted molar refractivity (Wildman–Crippen MR) is 66.3 cm³/mol. The van der Waals surface area contributed by atoms with Crippen molar-refractivity contribution in [2.75, 3.05) is 6.79 Å². The van der Waals surface area contributed by atoms with E-state index >= 15 is 0 Å². The van der Waals surface area contributed by atoms with E-state index in [2.05, 4.69) is 12.1 Å². The van der Waals surface area contributed by atoms with Crippen LogP contribution in [0.15, 0.2) is 18.2 Å². The summed E-state index contributed by atoms with van der Waals surface area (Å²) in [4.78, 5) is 0. The van der Waals surface area contributed by atoms with Gasteiger partial charge in [0.25, 0.3) is 0 Å². The fourth-order valence-electron chi connectivity index (χ4n) is 2.89. The van der Waals surface area contributed by atoms with Crippen LogP contribution in [0.4, 0.5) is 0 Å². The number of hydrogen-bond acceptors (Lipinski definition) is 3. The maximum Gasteiger partial charge on any atom is 0.231 e. The number of benzene rings is 1. The summed E-state index contributed by atoms with van der Waals surface area (Å²) in [5.41, 5.74) is 7.72. The van der Waals surface area contributed by atoms with E-state index in [0.717, 1.165) is 30.8 Å². The van der Waals surface area contributed by atoms with E-state index in [0.29, 0.717) is 6.79 Å². The molecular weight excluding hydrogens is 214 g/mol. The highest BCUT2D eigenvalue weighted by Gasteiger charge is 2.28. The van der Waals surface area contributed by atoms with Crippen molar-refractivity contribution in [2.45, 2.75) is 44.1 Å². The summed E-state index contributed by atoms with van der Waals surface area (Å²) in [6.07, 6.45) is 7.09. The number of fused-ring (bicyclic) bond motifs is 1. The van der Waals surface area contributed by atoms with Gasteiger partial charge < -0.3 is 15.2 Å². The minimum atomic E-state index is -0.00799. The van der Waals surface area contributed by atoms with Gasteiger partial charge in [0.05, 0.1) is 0 Å². The molecule has 1 saturated carbocycles. The highest BCUT2D eigenvalue weighted by atomic mass is 16.7. The fraction of sp³-hybridized carbons (Fsp3) is 0.571. The van der Waals surface area contributed by atoms with Crippen LogP contribution in [0.25, 0.3) is 0 Å². The first-order valence-electron chi connectivity index (χ1n) is 6.43. The van der Waals surface area contributed by atoms with Gasteiger partial charge in [0, 0.05) is 5.54 Å². The molecule has 2 aliphatic rings. The summed E-state index contributed by atoms with van der Waals surface area (Å²) >= 11 is 0. The normalized spacial score (nSPS) is 21.5. The van der Waals surface area contributed by atoms with E-state index in [-0.39, 0.29) is 5.54 Å². The van der Waals surface area contributed by atoms with Crippen LogP contribution < -0.4 is 15.2 Å². The predicted octanol–water partition coefficient (Wildman–Crippen LogP) is 2.62. The average Bonchev–Trinajstić information content (AvgIpc) is 2.76. The number of ether oxygens (including phenoxy) is 2. The van der Waals surface area contributed by atoms with Crippen LogP contribution in [0.2, 0.25) is 0 Å². The van der Waals surface area contributed by atoms with Crippen LogP contribution in [0.5, 0.6) is 11.5 Å². The molecule has 17 heavy (non-hydrogen) atoms. The Bertz CT molecular complexity index is 411. The molecule has 1 heterocycles. The zero-order chi connectivity index (χ0) is 11.7.